The summed E-state index contributed by atoms with van der Waals surface area (Å²) < 4.78 is 0. The Balaban J connectivity index is 1.51. The number of carbonyl (C=O) groups excluding carboxylic acids is 2. The van der Waals surface area contributed by atoms with Crippen molar-refractivity contribution in [2.24, 2.45) is 21.7 Å². The van der Waals surface area contributed by atoms with E-state index in [1.54, 1.807) is 12.1 Å². The Morgan fingerprint density at radius 1 is 1.00 bits per heavy atom. The molecule has 1 heterocycles. The van der Waals surface area contributed by atoms with Crippen molar-refractivity contribution in [1.82, 2.24) is 10.2 Å². The van der Waals surface area contributed by atoms with Gasteiger partial charge in [-0.2, -0.15) is 0 Å². The van der Waals surface area contributed by atoms with Crippen LogP contribution in [0.15, 0.2) is 53.5 Å². The number of carbonyl (C=O) groups is 3. The van der Waals surface area contributed by atoms with Crippen molar-refractivity contribution >= 4 is 23.5 Å². The monoisotopic (exact) mass is 613 g/mol. The molecular formula is C38H51N3O4. The molecule has 45 heavy (non-hydrogen) atoms. The number of hydrogen-bond donors (Lipinski definition) is 2. The number of aliphatic carboxylic acids is 1. The van der Waals surface area contributed by atoms with E-state index < -0.39 is 11.6 Å². The number of aliphatic imine (C=N–C) groups is 1. The maximum Gasteiger partial charge on any atom is 0.305 e. The molecule has 2 aliphatic carbocycles. The molecule has 0 saturated heterocycles. The van der Waals surface area contributed by atoms with Crippen LogP contribution in [0.25, 0.3) is 0 Å². The van der Waals surface area contributed by atoms with Gasteiger partial charge >= 0.3 is 5.97 Å². The van der Waals surface area contributed by atoms with Gasteiger partial charge in [0.05, 0.1) is 12.5 Å². The molecule has 1 spiro atoms. The second-order valence-corrected chi connectivity index (χ2v) is 15.8. The Kier molecular flexibility index (Phi) is 9.30. The van der Waals surface area contributed by atoms with Crippen LogP contribution in [0.1, 0.15) is 138 Å². The third-order valence-corrected chi connectivity index (χ3v) is 10.1. The first-order chi connectivity index (χ1) is 21.2. The van der Waals surface area contributed by atoms with Gasteiger partial charge in [0.25, 0.3) is 11.8 Å². The molecule has 0 radical (unpaired) electrons. The molecule has 1 atom stereocenters. The predicted molar refractivity (Wildman–Crippen MR) is 178 cm³/mol. The number of nitrogens with one attached hydrogen (secondary N) is 1. The fraction of sp³-hybridized carbons (Fsp3) is 0.579. The molecule has 0 bridgehead atoms. The highest BCUT2D eigenvalue weighted by Gasteiger charge is 2.52. The van der Waals surface area contributed by atoms with Gasteiger partial charge in [0.1, 0.15) is 11.4 Å². The second kappa shape index (κ2) is 12.7. The molecule has 2 N–H and O–H groups in total. The summed E-state index contributed by atoms with van der Waals surface area (Å²) in [4.78, 5) is 45.9. The zero-order valence-corrected chi connectivity index (χ0v) is 28.0. The minimum absolute atomic E-state index is 0.00607. The topological polar surface area (TPSA) is 99.1 Å². The van der Waals surface area contributed by atoms with Crippen molar-refractivity contribution in [3.63, 3.8) is 0 Å². The summed E-state index contributed by atoms with van der Waals surface area (Å²) in [6.45, 7) is 13.7. The van der Waals surface area contributed by atoms with Crippen LogP contribution in [0.5, 0.6) is 0 Å². The van der Waals surface area contributed by atoms with Gasteiger partial charge < -0.3 is 15.3 Å². The fourth-order valence-electron chi connectivity index (χ4n) is 7.14. The predicted octanol–water partition coefficient (Wildman–Crippen LogP) is 7.90. The second-order valence-electron chi connectivity index (χ2n) is 15.8. The van der Waals surface area contributed by atoms with Gasteiger partial charge in [-0.15, -0.1) is 0 Å². The van der Waals surface area contributed by atoms with E-state index in [-0.39, 0.29) is 41.7 Å². The highest BCUT2D eigenvalue weighted by molar-refractivity contribution is 6.46. The quantitative estimate of drug-likeness (QED) is 0.285. The molecule has 3 aliphatic rings. The van der Waals surface area contributed by atoms with E-state index in [0.29, 0.717) is 23.1 Å². The molecule has 7 heteroatoms. The average molecular weight is 614 g/mol. The Bertz CT molecular complexity index is 1430. The Labute approximate surface area is 268 Å². The molecule has 0 aromatic heterocycles. The Morgan fingerprint density at radius 2 is 1.67 bits per heavy atom. The van der Waals surface area contributed by atoms with Crippen molar-refractivity contribution in [3.8, 4) is 0 Å². The number of nitrogens with zero attached hydrogens (tertiary/aromatic N) is 2. The van der Waals surface area contributed by atoms with Crippen LogP contribution in [0.2, 0.25) is 0 Å². The zero-order chi connectivity index (χ0) is 32.6. The summed E-state index contributed by atoms with van der Waals surface area (Å²) in [5, 5.41) is 11.6. The lowest BCUT2D eigenvalue weighted by Gasteiger charge is -2.47. The van der Waals surface area contributed by atoms with Crippen molar-refractivity contribution in [2.75, 3.05) is 6.54 Å². The first-order valence-electron chi connectivity index (χ1n) is 16.8. The third-order valence-electron chi connectivity index (χ3n) is 10.1. The molecule has 7 nitrogen and oxygen atoms in total. The molecule has 0 unspecified atom stereocenters. The van der Waals surface area contributed by atoms with Crippen LogP contribution in [0.4, 0.5) is 0 Å². The molecule has 2 saturated carbocycles. The maximum absolute atomic E-state index is 14.7. The molecule has 2 amide bonds. The highest BCUT2D eigenvalue weighted by Crippen LogP contribution is 2.50. The summed E-state index contributed by atoms with van der Waals surface area (Å²) in [6.07, 6.45) is 7.71. The van der Waals surface area contributed by atoms with Gasteiger partial charge in [-0.1, -0.05) is 71.9 Å². The van der Waals surface area contributed by atoms with Gasteiger partial charge in [0.15, 0.2) is 0 Å². The summed E-state index contributed by atoms with van der Waals surface area (Å²) in [5.74, 6) is -0.0805. The van der Waals surface area contributed by atoms with Gasteiger partial charge in [-0.05, 0) is 103 Å². The number of carboxylic acids is 1. The first kappa shape index (κ1) is 32.9. The van der Waals surface area contributed by atoms with E-state index in [4.69, 9.17) is 10.1 Å². The number of benzene rings is 2. The normalized spacial score (nSPS) is 22.8. The standard InChI is InChI=1S/C38H51N3O4/c1-36(2,3)20-18-31(26-12-14-27(15-13-26)34(44)39-23-19-32(42)43)41-35(45)33(29-9-7-8-28(24-29)25-10-11-25)40-38(41)21-16-30(17-22-38)37(4,5)6/h7-9,12-15,24-25,30-31H,10-11,16-23H2,1-6H3,(H,39,44)(H,42,43)/t30?,31-,38?/m1/s1. The average Bonchev–Trinajstić information content (AvgIpc) is 3.79. The summed E-state index contributed by atoms with van der Waals surface area (Å²) in [6, 6.07) is 15.8. The number of rotatable bonds is 10. The van der Waals surface area contributed by atoms with Crippen LogP contribution in [-0.4, -0.2) is 45.7 Å². The van der Waals surface area contributed by atoms with Crippen molar-refractivity contribution in [2.45, 2.75) is 117 Å². The third kappa shape index (κ3) is 7.67. The van der Waals surface area contributed by atoms with Crippen molar-refractivity contribution in [1.29, 1.82) is 0 Å². The van der Waals surface area contributed by atoms with Gasteiger partial charge in [-0.25, -0.2) is 0 Å². The van der Waals surface area contributed by atoms with E-state index in [1.807, 2.05) is 18.2 Å². The van der Waals surface area contributed by atoms with E-state index in [2.05, 4.69) is 70.0 Å². The first-order valence-corrected chi connectivity index (χ1v) is 16.8. The lowest BCUT2D eigenvalue weighted by atomic mass is 9.69. The van der Waals surface area contributed by atoms with Gasteiger partial charge in [-0.3, -0.25) is 19.4 Å². The molecule has 2 aromatic rings. The molecule has 242 valence electrons. The SMILES string of the molecule is CC(C)(C)CC[C@H](c1ccc(C(=O)NCCC(=O)O)cc1)N1C(=O)C(c2cccc(C3CC3)c2)=NC12CCC(C(C)(C)C)CC2. The van der Waals surface area contributed by atoms with E-state index in [0.717, 1.165) is 49.7 Å². The Hall–Kier alpha value is -3.48. The molecular weight excluding hydrogens is 562 g/mol. The Morgan fingerprint density at radius 3 is 2.24 bits per heavy atom. The highest BCUT2D eigenvalue weighted by atomic mass is 16.4. The van der Waals surface area contributed by atoms with Crippen LogP contribution in [0.3, 0.4) is 0 Å². The van der Waals surface area contributed by atoms with Gasteiger partial charge in [0, 0.05) is 17.7 Å². The molecule has 2 fully saturated rings. The summed E-state index contributed by atoms with van der Waals surface area (Å²) >= 11 is 0. The lowest BCUT2D eigenvalue weighted by Crippen LogP contribution is -2.51. The largest absolute Gasteiger partial charge is 0.481 e. The van der Waals surface area contributed by atoms with Crippen LogP contribution < -0.4 is 5.32 Å². The molecule has 1 aliphatic heterocycles. The van der Waals surface area contributed by atoms with E-state index >= 15 is 0 Å². The van der Waals surface area contributed by atoms with E-state index in [9.17, 15) is 14.4 Å². The van der Waals surface area contributed by atoms with Crippen molar-refractivity contribution in [3.05, 3.63) is 70.8 Å². The van der Waals surface area contributed by atoms with Gasteiger partial charge in [0.2, 0.25) is 0 Å². The van der Waals surface area contributed by atoms with Crippen molar-refractivity contribution < 1.29 is 19.5 Å². The fourth-order valence-corrected chi connectivity index (χ4v) is 7.14. The zero-order valence-electron chi connectivity index (χ0n) is 28.0. The van der Waals surface area contributed by atoms with Crippen LogP contribution in [0, 0.1) is 16.7 Å². The maximum atomic E-state index is 14.7. The van der Waals surface area contributed by atoms with Crippen LogP contribution in [-0.2, 0) is 9.59 Å². The van der Waals surface area contributed by atoms with Crippen LogP contribution >= 0.6 is 0 Å². The number of amides is 2. The molecule has 5 rings (SSSR count). The van der Waals surface area contributed by atoms with E-state index in [1.165, 1.54) is 18.4 Å². The summed E-state index contributed by atoms with van der Waals surface area (Å²) in [7, 11) is 0. The molecule has 2 aromatic carbocycles. The minimum Gasteiger partial charge on any atom is -0.481 e. The lowest BCUT2D eigenvalue weighted by molar-refractivity contribution is -0.137. The number of carboxylic acid groups (broad SMARTS) is 1. The minimum atomic E-state index is -0.950. The smallest absolute Gasteiger partial charge is 0.305 e. The summed E-state index contributed by atoms with van der Waals surface area (Å²) in [5.41, 5.74) is 3.95. The number of hydrogen-bond acceptors (Lipinski definition) is 4.